The molecule has 1 N–H and O–H groups in total. The Balaban J connectivity index is 1.71. The Hall–Kier alpha value is -2.80. The minimum atomic E-state index is -0.239. The lowest BCUT2D eigenvalue weighted by molar-refractivity contribution is 0.102. The zero-order chi connectivity index (χ0) is 17.6. The summed E-state index contributed by atoms with van der Waals surface area (Å²) in [6.07, 6.45) is 2.01. The summed E-state index contributed by atoms with van der Waals surface area (Å²) in [4.78, 5) is 17.8. The Morgan fingerprint density at radius 1 is 1.20 bits per heavy atom. The fourth-order valence-electron chi connectivity index (χ4n) is 2.20. The van der Waals surface area contributed by atoms with Gasteiger partial charge in [-0.05, 0) is 42.7 Å². The zero-order valence-electron chi connectivity index (χ0n) is 13.9. The normalized spacial score (nSPS) is 10.5. The van der Waals surface area contributed by atoms with Crippen LogP contribution in [-0.2, 0) is 6.61 Å². The van der Waals surface area contributed by atoms with Crippen molar-refractivity contribution >= 4 is 23.4 Å². The summed E-state index contributed by atoms with van der Waals surface area (Å²) >= 11 is 1.65. The molecule has 0 bridgehead atoms. The van der Waals surface area contributed by atoms with Crippen molar-refractivity contribution in [3.63, 3.8) is 0 Å². The molecule has 1 heterocycles. The van der Waals surface area contributed by atoms with Crippen molar-refractivity contribution in [2.24, 2.45) is 0 Å². The molecule has 0 aliphatic rings. The van der Waals surface area contributed by atoms with Crippen molar-refractivity contribution in [2.45, 2.75) is 18.4 Å². The Labute approximate surface area is 149 Å². The highest BCUT2D eigenvalue weighted by molar-refractivity contribution is 7.98. The molecule has 0 fully saturated rings. The molecule has 7 heteroatoms. The third-order valence-electron chi connectivity index (χ3n) is 3.41. The number of carbonyl (C=O) groups excluding carboxylic acids is 1. The third-order valence-corrected chi connectivity index (χ3v) is 4.15. The van der Waals surface area contributed by atoms with Crippen molar-refractivity contribution in [1.29, 1.82) is 0 Å². The van der Waals surface area contributed by atoms with E-state index in [1.54, 1.807) is 43.0 Å². The number of para-hydroxylation sites is 1. The van der Waals surface area contributed by atoms with E-state index in [0.29, 0.717) is 23.0 Å². The van der Waals surface area contributed by atoms with Crippen molar-refractivity contribution in [2.75, 3.05) is 11.6 Å². The van der Waals surface area contributed by atoms with E-state index in [4.69, 9.17) is 9.26 Å². The van der Waals surface area contributed by atoms with E-state index < -0.39 is 0 Å². The van der Waals surface area contributed by atoms with Crippen LogP contribution in [0.3, 0.4) is 0 Å². The topological polar surface area (TPSA) is 77.2 Å². The van der Waals surface area contributed by atoms with Gasteiger partial charge in [0.05, 0.1) is 5.56 Å². The van der Waals surface area contributed by atoms with E-state index in [1.165, 1.54) is 0 Å². The van der Waals surface area contributed by atoms with Crippen LogP contribution >= 0.6 is 11.8 Å². The smallest absolute Gasteiger partial charge is 0.259 e. The number of aryl methyl sites for hydroxylation is 1. The van der Waals surface area contributed by atoms with Gasteiger partial charge in [0.1, 0.15) is 5.75 Å². The molecule has 1 amide bonds. The highest BCUT2D eigenvalue weighted by atomic mass is 32.2. The van der Waals surface area contributed by atoms with Gasteiger partial charge in [0.15, 0.2) is 6.61 Å². The average Bonchev–Trinajstić information content (AvgIpc) is 3.06. The Kier molecular flexibility index (Phi) is 5.35. The van der Waals surface area contributed by atoms with Crippen LogP contribution in [0.5, 0.6) is 5.75 Å². The molecule has 3 rings (SSSR count). The minimum Gasteiger partial charge on any atom is -0.485 e. The van der Waals surface area contributed by atoms with Crippen LogP contribution in [0.25, 0.3) is 0 Å². The largest absolute Gasteiger partial charge is 0.485 e. The summed E-state index contributed by atoms with van der Waals surface area (Å²) in [7, 11) is 0. The number of rotatable bonds is 6. The molecular formula is C18H17N3O3S. The molecule has 0 aliphatic carbocycles. The molecule has 2 aromatic carbocycles. The van der Waals surface area contributed by atoms with Gasteiger partial charge in [0.25, 0.3) is 5.91 Å². The highest BCUT2D eigenvalue weighted by Crippen LogP contribution is 2.22. The molecule has 0 saturated carbocycles. The van der Waals surface area contributed by atoms with Crippen molar-refractivity contribution in [1.82, 2.24) is 10.1 Å². The lowest BCUT2D eigenvalue weighted by Gasteiger charge is -2.11. The maximum absolute atomic E-state index is 12.6. The van der Waals surface area contributed by atoms with E-state index in [1.807, 2.05) is 30.5 Å². The number of carbonyl (C=O) groups is 1. The van der Waals surface area contributed by atoms with Gasteiger partial charge in [0, 0.05) is 17.5 Å². The molecule has 25 heavy (non-hydrogen) atoms. The number of nitrogens with one attached hydrogen (secondary N) is 1. The second kappa shape index (κ2) is 7.85. The third kappa shape index (κ3) is 4.39. The lowest BCUT2D eigenvalue weighted by atomic mass is 10.2. The number of hydrogen-bond donors (Lipinski definition) is 1. The van der Waals surface area contributed by atoms with E-state index in [-0.39, 0.29) is 12.5 Å². The fourth-order valence-corrected chi connectivity index (χ4v) is 2.60. The summed E-state index contributed by atoms with van der Waals surface area (Å²) < 4.78 is 10.6. The summed E-state index contributed by atoms with van der Waals surface area (Å²) in [5.41, 5.74) is 1.17. The van der Waals surface area contributed by atoms with Gasteiger partial charge in [-0.2, -0.15) is 4.98 Å². The van der Waals surface area contributed by atoms with Crippen LogP contribution in [-0.4, -0.2) is 22.3 Å². The van der Waals surface area contributed by atoms with Gasteiger partial charge in [-0.25, -0.2) is 0 Å². The van der Waals surface area contributed by atoms with Crippen LogP contribution in [0.15, 0.2) is 57.9 Å². The quantitative estimate of drug-likeness (QED) is 0.675. The number of anilines is 1. The lowest BCUT2D eigenvalue weighted by Crippen LogP contribution is -2.13. The predicted octanol–water partition coefficient (Wildman–Crippen LogP) is 3.93. The van der Waals surface area contributed by atoms with Crippen LogP contribution in [0.1, 0.15) is 22.1 Å². The van der Waals surface area contributed by atoms with Gasteiger partial charge in [-0.15, -0.1) is 11.8 Å². The number of nitrogens with zero attached hydrogens (tertiary/aromatic N) is 2. The number of thioether (sulfide) groups is 1. The SMILES string of the molecule is CSc1ccc(NC(=O)c2ccccc2OCc2noc(C)n2)cc1. The molecular weight excluding hydrogens is 338 g/mol. The average molecular weight is 355 g/mol. The van der Waals surface area contributed by atoms with E-state index >= 15 is 0 Å². The summed E-state index contributed by atoms with van der Waals surface area (Å²) in [6, 6.07) is 14.7. The number of aromatic nitrogens is 2. The van der Waals surface area contributed by atoms with E-state index in [0.717, 1.165) is 10.6 Å². The molecule has 0 unspecified atom stereocenters. The first-order valence-corrected chi connectivity index (χ1v) is 8.84. The second-order valence-corrected chi connectivity index (χ2v) is 6.08. The van der Waals surface area contributed by atoms with E-state index in [9.17, 15) is 4.79 Å². The van der Waals surface area contributed by atoms with Crippen LogP contribution in [0, 0.1) is 6.92 Å². The monoisotopic (exact) mass is 355 g/mol. The highest BCUT2D eigenvalue weighted by Gasteiger charge is 2.13. The van der Waals surface area contributed by atoms with Gasteiger partial charge < -0.3 is 14.6 Å². The zero-order valence-corrected chi connectivity index (χ0v) is 14.7. The summed E-state index contributed by atoms with van der Waals surface area (Å²) in [6.45, 7) is 1.84. The number of hydrogen-bond acceptors (Lipinski definition) is 6. The predicted molar refractivity (Wildman–Crippen MR) is 96.0 cm³/mol. The number of ether oxygens (including phenoxy) is 1. The molecule has 0 atom stereocenters. The molecule has 6 nitrogen and oxygen atoms in total. The maximum Gasteiger partial charge on any atom is 0.259 e. The first-order chi connectivity index (χ1) is 12.2. The molecule has 3 aromatic rings. The molecule has 1 aromatic heterocycles. The number of amides is 1. The first-order valence-electron chi connectivity index (χ1n) is 7.62. The van der Waals surface area contributed by atoms with Crippen molar-refractivity contribution in [3.05, 3.63) is 65.8 Å². The Bertz CT molecular complexity index is 862. The van der Waals surface area contributed by atoms with Crippen LogP contribution in [0.4, 0.5) is 5.69 Å². The van der Waals surface area contributed by atoms with Crippen LogP contribution in [0.2, 0.25) is 0 Å². The molecule has 0 saturated heterocycles. The molecule has 0 aliphatic heterocycles. The molecule has 0 radical (unpaired) electrons. The van der Waals surface area contributed by atoms with Gasteiger partial charge in [-0.3, -0.25) is 4.79 Å². The fraction of sp³-hybridized carbons (Fsp3) is 0.167. The maximum atomic E-state index is 12.6. The Morgan fingerprint density at radius 2 is 1.96 bits per heavy atom. The first kappa shape index (κ1) is 17.0. The second-order valence-electron chi connectivity index (χ2n) is 5.20. The summed E-state index contributed by atoms with van der Waals surface area (Å²) in [5, 5.41) is 6.65. The molecule has 128 valence electrons. The van der Waals surface area contributed by atoms with Crippen molar-refractivity contribution in [3.8, 4) is 5.75 Å². The molecule has 0 spiro atoms. The van der Waals surface area contributed by atoms with E-state index in [2.05, 4.69) is 15.5 Å². The Morgan fingerprint density at radius 3 is 2.64 bits per heavy atom. The van der Waals surface area contributed by atoms with Gasteiger partial charge >= 0.3 is 0 Å². The minimum absolute atomic E-state index is 0.129. The van der Waals surface area contributed by atoms with Gasteiger partial charge in [0.2, 0.25) is 11.7 Å². The number of benzene rings is 2. The standard InChI is InChI=1S/C18H17N3O3S/c1-12-19-17(21-24-12)11-23-16-6-4-3-5-15(16)18(22)20-13-7-9-14(25-2)10-8-13/h3-10H,11H2,1-2H3,(H,20,22). The van der Waals surface area contributed by atoms with Gasteiger partial charge in [-0.1, -0.05) is 17.3 Å². The summed E-state index contributed by atoms with van der Waals surface area (Å²) in [5.74, 6) is 1.12. The van der Waals surface area contributed by atoms with Crippen molar-refractivity contribution < 1.29 is 14.1 Å². The van der Waals surface area contributed by atoms with Crippen LogP contribution < -0.4 is 10.1 Å².